The van der Waals surface area contributed by atoms with Crippen LogP contribution in [0.4, 0.5) is 0 Å². The zero-order valence-corrected chi connectivity index (χ0v) is 16.9. The number of benzene rings is 2. The minimum atomic E-state index is -1.21. The molecule has 1 aliphatic heterocycles. The van der Waals surface area contributed by atoms with Crippen molar-refractivity contribution in [3.63, 3.8) is 0 Å². The van der Waals surface area contributed by atoms with E-state index in [2.05, 4.69) is 10.5 Å². The summed E-state index contributed by atoms with van der Waals surface area (Å²) in [4.78, 5) is 30.8. The van der Waals surface area contributed by atoms with Gasteiger partial charge in [-0.15, -0.1) is 0 Å². The fourth-order valence-electron chi connectivity index (χ4n) is 3.81. The van der Waals surface area contributed by atoms with Gasteiger partial charge in [-0.05, 0) is 23.8 Å². The summed E-state index contributed by atoms with van der Waals surface area (Å²) in [5.74, 6) is -0.682. The second-order valence-corrected chi connectivity index (χ2v) is 7.42. The number of carbonyl (C=O) groups is 2. The van der Waals surface area contributed by atoms with Gasteiger partial charge in [-0.2, -0.15) is 0 Å². The Bertz CT molecular complexity index is 1120. The van der Waals surface area contributed by atoms with Gasteiger partial charge in [0.25, 0.3) is 5.91 Å². The van der Waals surface area contributed by atoms with Crippen molar-refractivity contribution in [1.29, 1.82) is 0 Å². The number of rotatable bonds is 6. The van der Waals surface area contributed by atoms with E-state index in [1.165, 1.54) is 7.11 Å². The first-order chi connectivity index (χ1) is 14.5. The Balaban J connectivity index is 1.45. The summed E-state index contributed by atoms with van der Waals surface area (Å²) in [5.41, 5.74) is 1.90. The molecule has 0 fully saturated rings. The van der Waals surface area contributed by atoms with E-state index in [1.807, 2.05) is 66.3 Å². The average Bonchev–Trinajstić information content (AvgIpc) is 3.36. The quantitative estimate of drug-likeness (QED) is 0.640. The number of methoxy groups -OCH3 is 1. The largest absolute Gasteiger partial charge is 0.466 e. The average molecular weight is 405 g/mol. The highest BCUT2D eigenvalue weighted by molar-refractivity contribution is 6.08. The summed E-state index contributed by atoms with van der Waals surface area (Å²) in [6.07, 6.45) is 2.51. The summed E-state index contributed by atoms with van der Waals surface area (Å²) in [7, 11) is 3.27. The summed E-state index contributed by atoms with van der Waals surface area (Å²) in [6.45, 7) is 0.190. The zero-order chi connectivity index (χ0) is 21.1. The Labute approximate surface area is 174 Å². The minimum Gasteiger partial charge on any atom is -0.466 e. The molecule has 1 unspecified atom stereocenters. The molecule has 0 bridgehead atoms. The lowest BCUT2D eigenvalue weighted by Gasteiger charge is -2.23. The molecule has 7 nitrogen and oxygen atoms in total. The molecule has 0 spiro atoms. The third kappa shape index (κ3) is 3.66. The highest BCUT2D eigenvalue weighted by Crippen LogP contribution is 2.30. The van der Waals surface area contributed by atoms with E-state index in [4.69, 9.17) is 9.57 Å². The normalized spacial score (nSPS) is 18.0. The Kier molecular flexibility index (Phi) is 5.27. The summed E-state index contributed by atoms with van der Waals surface area (Å²) < 4.78 is 6.94. The number of hydrogen-bond acceptors (Lipinski definition) is 5. The van der Waals surface area contributed by atoms with E-state index in [9.17, 15) is 9.59 Å². The first-order valence-corrected chi connectivity index (χ1v) is 9.71. The number of hydrogen-bond donors (Lipinski definition) is 1. The number of oxime groups is 1. The number of aromatic nitrogens is 1. The number of aryl methyl sites for hydroxylation is 1. The lowest BCUT2D eigenvalue weighted by Crippen LogP contribution is -2.43. The molecule has 2 aromatic carbocycles. The van der Waals surface area contributed by atoms with Crippen LogP contribution in [0.1, 0.15) is 22.3 Å². The van der Waals surface area contributed by atoms with Gasteiger partial charge in [0.05, 0.1) is 19.4 Å². The molecule has 0 radical (unpaired) electrons. The lowest BCUT2D eigenvalue weighted by atomic mass is 9.89. The SMILES string of the molecule is COC(=O)C1(Cc2ccccc2)CC(CNC(=O)c2cccc3c2ccn3C)=NO1. The fourth-order valence-corrected chi connectivity index (χ4v) is 3.81. The van der Waals surface area contributed by atoms with Gasteiger partial charge >= 0.3 is 5.97 Å². The highest BCUT2D eigenvalue weighted by Gasteiger charge is 2.47. The van der Waals surface area contributed by atoms with Crippen LogP contribution in [0.3, 0.4) is 0 Å². The van der Waals surface area contributed by atoms with E-state index < -0.39 is 11.6 Å². The van der Waals surface area contributed by atoms with Crippen molar-refractivity contribution in [2.24, 2.45) is 12.2 Å². The Morgan fingerprint density at radius 2 is 1.97 bits per heavy atom. The molecular formula is C23H23N3O4. The van der Waals surface area contributed by atoms with Crippen LogP contribution in [0.25, 0.3) is 10.9 Å². The predicted octanol–water partition coefficient (Wildman–Crippen LogP) is 2.84. The molecule has 0 saturated carbocycles. The van der Waals surface area contributed by atoms with Crippen molar-refractivity contribution in [3.05, 3.63) is 71.9 Å². The van der Waals surface area contributed by atoms with Crippen molar-refractivity contribution in [1.82, 2.24) is 9.88 Å². The third-order valence-corrected chi connectivity index (χ3v) is 5.35. The predicted molar refractivity (Wildman–Crippen MR) is 113 cm³/mol. The minimum absolute atomic E-state index is 0.190. The number of fused-ring (bicyclic) bond motifs is 1. The molecule has 1 N–H and O–H groups in total. The maximum Gasteiger partial charge on any atom is 0.353 e. The van der Waals surface area contributed by atoms with Crippen molar-refractivity contribution in [2.75, 3.05) is 13.7 Å². The van der Waals surface area contributed by atoms with Crippen LogP contribution in [-0.2, 0) is 27.8 Å². The Morgan fingerprint density at radius 3 is 2.73 bits per heavy atom. The summed E-state index contributed by atoms with van der Waals surface area (Å²) in [6, 6.07) is 17.1. The Morgan fingerprint density at radius 1 is 1.17 bits per heavy atom. The molecule has 1 amide bonds. The molecule has 3 aromatic rings. The number of carbonyl (C=O) groups excluding carboxylic acids is 2. The van der Waals surface area contributed by atoms with Crippen molar-refractivity contribution >= 4 is 28.5 Å². The van der Waals surface area contributed by atoms with Gasteiger partial charge in [0.15, 0.2) is 0 Å². The van der Waals surface area contributed by atoms with Crippen molar-refractivity contribution in [2.45, 2.75) is 18.4 Å². The Hall–Kier alpha value is -3.61. The fraction of sp³-hybridized carbons (Fsp3) is 0.261. The number of amides is 1. The van der Waals surface area contributed by atoms with Crippen LogP contribution in [0.2, 0.25) is 0 Å². The number of nitrogens with one attached hydrogen (secondary N) is 1. The van der Waals surface area contributed by atoms with Crippen LogP contribution in [0, 0.1) is 0 Å². The topological polar surface area (TPSA) is 81.9 Å². The van der Waals surface area contributed by atoms with Gasteiger partial charge in [0, 0.05) is 42.6 Å². The monoisotopic (exact) mass is 405 g/mol. The van der Waals surface area contributed by atoms with Crippen molar-refractivity contribution < 1.29 is 19.2 Å². The molecule has 1 atom stereocenters. The van der Waals surface area contributed by atoms with Gasteiger partial charge < -0.3 is 19.5 Å². The molecule has 1 aromatic heterocycles. The van der Waals surface area contributed by atoms with E-state index >= 15 is 0 Å². The van der Waals surface area contributed by atoms with Gasteiger partial charge in [-0.3, -0.25) is 4.79 Å². The van der Waals surface area contributed by atoms with Gasteiger partial charge in [-0.1, -0.05) is 41.6 Å². The molecule has 4 rings (SSSR count). The van der Waals surface area contributed by atoms with Gasteiger partial charge in [-0.25, -0.2) is 4.79 Å². The molecule has 1 aliphatic rings. The van der Waals surface area contributed by atoms with Gasteiger partial charge in [0.2, 0.25) is 5.60 Å². The molecule has 0 saturated heterocycles. The van der Waals surface area contributed by atoms with Crippen molar-refractivity contribution in [3.8, 4) is 0 Å². The van der Waals surface area contributed by atoms with E-state index in [-0.39, 0.29) is 18.9 Å². The van der Waals surface area contributed by atoms with Crippen LogP contribution >= 0.6 is 0 Å². The van der Waals surface area contributed by atoms with Crippen LogP contribution in [-0.4, -0.2) is 41.4 Å². The molecule has 30 heavy (non-hydrogen) atoms. The number of nitrogens with zero attached hydrogens (tertiary/aromatic N) is 2. The molecular weight excluding hydrogens is 382 g/mol. The molecule has 7 heteroatoms. The first-order valence-electron chi connectivity index (χ1n) is 9.71. The number of esters is 1. The first kappa shape index (κ1) is 19.7. The standard InChI is InChI=1S/C23H23N3O4/c1-26-12-11-18-19(9-6-10-20(18)26)21(27)24-15-17-14-23(30-25-17,22(28)29-2)13-16-7-4-3-5-8-16/h3-12H,13-15H2,1-2H3,(H,24,27). The summed E-state index contributed by atoms with van der Waals surface area (Å²) in [5, 5.41) is 7.86. The van der Waals surface area contributed by atoms with Crippen LogP contribution < -0.4 is 5.32 Å². The van der Waals surface area contributed by atoms with E-state index in [0.29, 0.717) is 17.7 Å². The maximum atomic E-state index is 12.8. The number of ether oxygens (including phenoxy) is 1. The molecule has 2 heterocycles. The second-order valence-electron chi connectivity index (χ2n) is 7.42. The van der Waals surface area contributed by atoms with E-state index in [1.54, 1.807) is 6.07 Å². The third-order valence-electron chi connectivity index (χ3n) is 5.35. The maximum absolute atomic E-state index is 12.8. The van der Waals surface area contributed by atoms with E-state index in [0.717, 1.165) is 16.5 Å². The van der Waals surface area contributed by atoms with Crippen LogP contribution in [0.15, 0.2) is 65.9 Å². The zero-order valence-electron chi connectivity index (χ0n) is 16.9. The van der Waals surface area contributed by atoms with Crippen LogP contribution in [0.5, 0.6) is 0 Å². The lowest BCUT2D eigenvalue weighted by molar-refractivity contribution is -0.166. The van der Waals surface area contributed by atoms with Gasteiger partial charge in [0.1, 0.15) is 0 Å². The smallest absolute Gasteiger partial charge is 0.353 e. The molecule has 0 aliphatic carbocycles. The highest BCUT2D eigenvalue weighted by atomic mass is 16.7. The molecule has 154 valence electrons. The second kappa shape index (κ2) is 8.02. The summed E-state index contributed by atoms with van der Waals surface area (Å²) >= 11 is 0.